The minimum Gasteiger partial charge on any atom is -0.380 e. The minimum atomic E-state index is -0.290. The molecule has 1 fully saturated rings. The fraction of sp³-hybridized carbons (Fsp3) is 0.526. The van der Waals surface area contributed by atoms with Gasteiger partial charge in [-0.3, -0.25) is 9.69 Å². The monoisotopic (exact) mass is 364 g/mol. The van der Waals surface area contributed by atoms with Crippen LogP contribution in [0, 0.1) is 11.7 Å². The zero-order valence-electron chi connectivity index (χ0n) is 15.0. The highest BCUT2D eigenvalue weighted by molar-refractivity contribution is 7.21. The second-order valence-electron chi connectivity index (χ2n) is 6.94. The maximum Gasteiger partial charge on any atom is 0.264 e. The number of hydrogen-bond donors (Lipinski definition) is 0. The lowest BCUT2D eigenvalue weighted by molar-refractivity contribution is 0.0625. The van der Waals surface area contributed by atoms with E-state index in [0.717, 1.165) is 24.3 Å². The van der Waals surface area contributed by atoms with Crippen LogP contribution in [0.5, 0.6) is 0 Å². The number of methoxy groups -OCH3 is 1. The Labute approximate surface area is 152 Å². The average Bonchev–Trinajstić information content (AvgIpc) is 2.95. The third-order valence-corrected chi connectivity index (χ3v) is 5.71. The Morgan fingerprint density at radius 3 is 2.64 bits per heavy atom. The van der Waals surface area contributed by atoms with Crippen LogP contribution in [0.25, 0.3) is 10.1 Å². The summed E-state index contributed by atoms with van der Waals surface area (Å²) in [6.07, 6.45) is 0. The molecule has 0 N–H and O–H groups in total. The highest BCUT2D eigenvalue weighted by atomic mass is 32.1. The van der Waals surface area contributed by atoms with E-state index in [1.165, 1.54) is 17.4 Å². The molecule has 0 spiro atoms. The fourth-order valence-corrected chi connectivity index (χ4v) is 4.61. The number of amides is 1. The number of hydrogen-bond acceptors (Lipinski definition) is 4. The summed E-state index contributed by atoms with van der Waals surface area (Å²) >= 11 is 1.37. The van der Waals surface area contributed by atoms with Crippen molar-refractivity contribution in [3.8, 4) is 0 Å². The smallest absolute Gasteiger partial charge is 0.264 e. The maximum absolute atomic E-state index is 14.3. The van der Waals surface area contributed by atoms with Gasteiger partial charge in [0.25, 0.3) is 5.91 Å². The zero-order valence-corrected chi connectivity index (χ0v) is 15.9. The molecule has 0 radical (unpaired) electrons. The topological polar surface area (TPSA) is 32.8 Å². The standard InChI is InChI=1S/C19H25FN2O2S/c1-13(2)11-21-7-9-22(10-8-21)19(23)18-14(12-24-3)17-15(20)5-4-6-16(17)25-18/h4-6,13H,7-12H2,1-3H3. The number of halogens is 1. The molecular formula is C19H25FN2O2S. The van der Waals surface area contributed by atoms with Crippen LogP contribution in [0.2, 0.25) is 0 Å². The van der Waals surface area contributed by atoms with Crippen molar-refractivity contribution in [2.24, 2.45) is 5.92 Å². The molecule has 0 unspecified atom stereocenters. The van der Waals surface area contributed by atoms with Gasteiger partial charge in [0.2, 0.25) is 0 Å². The van der Waals surface area contributed by atoms with Crippen LogP contribution < -0.4 is 0 Å². The van der Waals surface area contributed by atoms with Gasteiger partial charge in [-0.15, -0.1) is 11.3 Å². The van der Waals surface area contributed by atoms with Gasteiger partial charge in [0, 0.05) is 55.5 Å². The molecule has 2 heterocycles. The van der Waals surface area contributed by atoms with Gasteiger partial charge in [0.1, 0.15) is 5.82 Å². The molecule has 2 aromatic rings. The average molecular weight is 364 g/mol. The lowest BCUT2D eigenvalue weighted by Crippen LogP contribution is -2.49. The van der Waals surface area contributed by atoms with Crippen molar-refractivity contribution in [1.82, 2.24) is 9.80 Å². The molecule has 136 valence electrons. The molecule has 1 aliphatic heterocycles. The third-order valence-electron chi connectivity index (χ3n) is 4.53. The molecule has 1 amide bonds. The Balaban J connectivity index is 1.83. The van der Waals surface area contributed by atoms with Gasteiger partial charge in [0.05, 0.1) is 11.5 Å². The van der Waals surface area contributed by atoms with Crippen LogP contribution in [0.1, 0.15) is 29.1 Å². The van der Waals surface area contributed by atoms with Crippen LogP contribution in [-0.2, 0) is 11.3 Å². The number of carbonyl (C=O) groups is 1. The van der Waals surface area contributed by atoms with Crippen molar-refractivity contribution in [3.63, 3.8) is 0 Å². The summed E-state index contributed by atoms with van der Waals surface area (Å²) < 4.78 is 20.3. The summed E-state index contributed by atoms with van der Waals surface area (Å²) in [5.74, 6) is 0.333. The van der Waals surface area contributed by atoms with E-state index in [-0.39, 0.29) is 18.3 Å². The van der Waals surface area contributed by atoms with Crippen LogP contribution in [0.3, 0.4) is 0 Å². The fourth-order valence-electron chi connectivity index (χ4n) is 3.42. The van der Waals surface area contributed by atoms with Gasteiger partial charge in [0.15, 0.2) is 0 Å². The van der Waals surface area contributed by atoms with Crippen molar-refractivity contribution < 1.29 is 13.9 Å². The number of nitrogens with zero attached hydrogens (tertiary/aromatic N) is 2. The van der Waals surface area contributed by atoms with E-state index in [1.807, 2.05) is 11.0 Å². The minimum absolute atomic E-state index is 0.00292. The number of piperazine rings is 1. The molecule has 1 aliphatic rings. The second-order valence-corrected chi connectivity index (χ2v) is 7.99. The number of ether oxygens (including phenoxy) is 1. The first kappa shape index (κ1) is 18.3. The van der Waals surface area contributed by atoms with Crippen LogP contribution in [-0.4, -0.2) is 55.5 Å². The number of rotatable bonds is 5. The van der Waals surface area contributed by atoms with Crippen LogP contribution in [0.15, 0.2) is 18.2 Å². The molecule has 1 saturated heterocycles. The van der Waals surface area contributed by atoms with Crippen molar-refractivity contribution >= 4 is 27.3 Å². The summed E-state index contributed by atoms with van der Waals surface area (Å²) in [4.78, 5) is 17.9. The Kier molecular flexibility index (Phi) is 5.71. The molecule has 4 nitrogen and oxygen atoms in total. The van der Waals surface area contributed by atoms with E-state index in [2.05, 4.69) is 18.7 Å². The van der Waals surface area contributed by atoms with Crippen molar-refractivity contribution in [3.05, 3.63) is 34.5 Å². The molecule has 0 aliphatic carbocycles. The SMILES string of the molecule is COCc1c(C(=O)N2CCN(CC(C)C)CC2)sc2cccc(F)c12. The van der Waals surface area contributed by atoms with Gasteiger partial charge in [-0.1, -0.05) is 19.9 Å². The number of thiophene rings is 1. The van der Waals surface area contributed by atoms with Gasteiger partial charge < -0.3 is 9.64 Å². The predicted molar refractivity (Wildman–Crippen MR) is 99.7 cm³/mol. The number of benzene rings is 1. The molecule has 0 atom stereocenters. The summed E-state index contributed by atoms with van der Waals surface area (Å²) in [5, 5.41) is 0.524. The summed E-state index contributed by atoms with van der Waals surface area (Å²) in [6, 6.07) is 4.98. The second kappa shape index (κ2) is 7.81. The number of fused-ring (bicyclic) bond motifs is 1. The molecule has 0 saturated carbocycles. The van der Waals surface area contributed by atoms with Gasteiger partial charge >= 0.3 is 0 Å². The van der Waals surface area contributed by atoms with E-state index in [4.69, 9.17) is 4.74 Å². The Hall–Kier alpha value is -1.50. The highest BCUT2D eigenvalue weighted by Crippen LogP contribution is 2.34. The first-order valence-corrected chi connectivity index (χ1v) is 9.53. The predicted octanol–water partition coefficient (Wildman–Crippen LogP) is 3.60. The Morgan fingerprint density at radius 2 is 2.00 bits per heavy atom. The molecule has 3 rings (SSSR count). The third kappa shape index (κ3) is 3.86. The summed E-state index contributed by atoms with van der Waals surface area (Å²) in [5.41, 5.74) is 0.676. The zero-order chi connectivity index (χ0) is 18.0. The molecule has 1 aromatic carbocycles. The van der Waals surface area contributed by atoms with Crippen molar-refractivity contribution in [2.45, 2.75) is 20.5 Å². The Bertz CT molecular complexity index is 751. The molecule has 25 heavy (non-hydrogen) atoms. The first-order chi connectivity index (χ1) is 12.0. The molecule has 6 heteroatoms. The maximum atomic E-state index is 14.3. The van der Waals surface area contributed by atoms with E-state index in [1.54, 1.807) is 13.2 Å². The summed E-state index contributed by atoms with van der Waals surface area (Å²) in [6.45, 7) is 8.94. The number of carbonyl (C=O) groups excluding carboxylic acids is 1. The van der Waals surface area contributed by atoms with E-state index in [0.29, 0.717) is 34.8 Å². The van der Waals surface area contributed by atoms with Gasteiger partial charge in [-0.2, -0.15) is 0 Å². The van der Waals surface area contributed by atoms with E-state index < -0.39 is 0 Å². The van der Waals surface area contributed by atoms with Crippen molar-refractivity contribution in [2.75, 3.05) is 39.8 Å². The summed E-state index contributed by atoms with van der Waals surface area (Å²) in [7, 11) is 1.57. The van der Waals surface area contributed by atoms with Gasteiger partial charge in [-0.05, 0) is 18.1 Å². The normalized spacial score (nSPS) is 16.1. The van der Waals surface area contributed by atoms with Crippen molar-refractivity contribution in [1.29, 1.82) is 0 Å². The highest BCUT2D eigenvalue weighted by Gasteiger charge is 2.27. The lowest BCUT2D eigenvalue weighted by Gasteiger charge is -2.35. The Morgan fingerprint density at radius 1 is 1.28 bits per heavy atom. The quantitative estimate of drug-likeness (QED) is 0.813. The molecular weight excluding hydrogens is 339 g/mol. The molecule has 0 bridgehead atoms. The van der Waals surface area contributed by atoms with E-state index in [9.17, 15) is 9.18 Å². The van der Waals surface area contributed by atoms with Crippen LogP contribution >= 0.6 is 11.3 Å². The lowest BCUT2D eigenvalue weighted by atomic mass is 10.1. The van der Waals surface area contributed by atoms with Crippen LogP contribution in [0.4, 0.5) is 4.39 Å². The molecule has 1 aromatic heterocycles. The van der Waals surface area contributed by atoms with E-state index >= 15 is 0 Å². The largest absolute Gasteiger partial charge is 0.380 e. The first-order valence-electron chi connectivity index (χ1n) is 8.71. The van der Waals surface area contributed by atoms with Gasteiger partial charge in [-0.25, -0.2) is 4.39 Å².